The number of nitrogens with zero attached hydrogens (tertiary/aromatic N) is 3. The van der Waals surface area contributed by atoms with Crippen LogP contribution in [0.5, 0.6) is 0 Å². The van der Waals surface area contributed by atoms with Crippen LogP contribution in [-0.4, -0.2) is 29.0 Å². The number of imidazole rings is 1. The highest BCUT2D eigenvalue weighted by Crippen LogP contribution is 2.32. The second-order valence-corrected chi connectivity index (χ2v) is 7.56. The fourth-order valence-corrected chi connectivity index (χ4v) is 2.74. The first-order chi connectivity index (χ1) is 11.2. The summed E-state index contributed by atoms with van der Waals surface area (Å²) in [4.78, 5) is 6.97. The lowest BCUT2D eigenvalue weighted by atomic mass is 10.1. The van der Waals surface area contributed by atoms with Crippen molar-refractivity contribution >= 4 is 17.2 Å². The summed E-state index contributed by atoms with van der Waals surface area (Å²) in [5.74, 6) is 1.04. The first-order valence-corrected chi connectivity index (χ1v) is 8.29. The van der Waals surface area contributed by atoms with Crippen LogP contribution in [0.25, 0.3) is 16.9 Å². The summed E-state index contributed by atoms with van der Waals surface area (Å²) in [5, 5.41) is 3.63. The van der Waals surface area contributed by atoms with Gasteiger partial charge in [0.15, 0.2) is 0 Å². The van der Waals surface area contributed by atoms with Gasteiger partial charge in [0.2, 0.25) is 0 Å². The Morgan fingerprint density at radius 1 is 1.00 bits per heavy atom. The lowest BCUT2D eigenvalue weighted by Crippen LogP contribution is -2.27. The third kappa shape index (κ3) is 3.23. The van der Waals surface area contributed by atoms with E-state index in [0.717, 1.165) is 22.7 Å². The molecule has 0 atom stereocenters. The quantitative estimate of drug-likeness (QED) is 0.766. The van der Waals surface area contributed by atoms with E-state index in [4.69, 9.17) is 4.98 Å². The summed E-state index contributed by atoms with van der Waals surface area (Å²) in [5.41, 5.74) is 5.42. The number of anilines is 2. The maximum absolute atomic E-state index is 4.87. The van der Waals surface area contributed by atoms with Crippen LogP contribution in [0.15, 0.2) is 42.6 Å². The molecule has 4 heteroatoms. The van der Waals surface area contributed by atoms with Crippen LogP contribution in [0.3, 0.4) is 0 Å². The molecule has 0 saturated carbocycles. The van der Waals surface area contributed by atoms with Gasteiger partial charge in [-0.25, -0.2) is 4.98 Å². The van der Waals surface area contributed by atoms with Crippen LogP contribution in [0.1, 0.15) is 26.3 Å². The highest BCUT2D eigenvalue weighted by atomic mass is 15.2. The zero-order chi connectivity index (χ0) is 17.5. The highest BCUT2D eigenvalue weighted by Gasteiger charge is 2.19. The minimum absolute atomic E-state index is 0.0436. The van der Waals surface area contributed by atoms with E-state index in [9.17, 15) is 0 Å². The molecule has 126 valence electrons. The molecule has 2 aromatic heterocycles. The van der Waals surface area contributed by atoms with E-state index in [1.54, 1.807) is 0 Å². The zero-order valence-corrected chi connectivity index (χ0v) is 15.4. The van der Waals surface area contributed by atoms with Crippen molar-refractivity contribution in [3.63, 3.8) is 0 Å². The third-order valence-corrected chi connectivity index (χ3v) is 3.92. The van der Waals surface area contributed by atoms with Crippen molar-refractivity contribution in [2.24, 2.45) is 0 Å². The van der Waals surface area contributed by atoms with Crippen molar-refractivity contribution < 1.29 is 0 Å². The van der Waals surface area contributed by atoms with E-state index >= 15 is 0 Å². The highest BCUT2D eigenvalue weighted by molar-refractivity contribution is 5.78. The molecule has 2 heterocycles. The number of nitrogens with one attached hydrogen (secondary N) is 1. The molecular formula is C20H26N4. The van der Waals surface area contributed by atoms with Crippen LogP contribution in [-0.2, 0) is 0 Å². The Balaban J connectivity index is 2.17. The number of hydrogen-bond donors (Lipinski definition) is 1. The molecule has 0 aliphatic heterocycles. The number of hydrogen-bond acceptors (Lipinski definition) is 3. The van der Waals surface area contributed by atoms with Gasteiger partial charge in [-0.1, -0.05) is 18.2 Å². The molecule has 0 saturated heterocycles. The Morgan fingerprint density at radius 2 is 1.67 bits per heavy atom. The van der Waals surface area contributed by atoms with Crippen LogP contribution in [0.2, 0.25) is 0 Å². The van der Waals surface area contributed by atoms with Gasteiger partial charge in [-0.3, -0.25) is 4.40 Å². The number of pyridine rings is 1. The number of fused-ring (bicyclic) bond motifs is 1. The molecule has 0 radical (unpaired) electrons. The van der Waals surface area contributed by atoms with Crippen LogP contribution in [0, 0.1) is 6.92 Å². The maximum Gasteiger partial charge on any atom is 0.139 e. The summed E-state index contributed by atoms with van der Waals surface area (Å²) in [6.45, 7) is 8.61. The standard InChI is InChI=1S/C20H26N4/c1-14-7-12-17-21-18(15-8-10-16(11-9-15)23(5)6)19(24(17)13-14)22-20(2,3)4/h7-13,22H,1-6H3. The predicted molar refractivity (Wildman–Crippen MR) is 103 cm³/mol. The summed E-state index contributed by atoms with van der Waals surface area (Å²) in [7, 11) is 4.10. The van der Waals surface area contributed by atoms with Gasteiger partial charge in [0.1, 0.15) is 17.2 Å². The first kappa shape index (κ1) is 16.4. The van der Waals surface area contributed by atoms with Crippen LogP contribution >= 0.6 is 0 Å². The van der Waals surface area contributed by atoms with Crippen LogP contribution < -0.4 is 10.2 Å². The molecule has 3 aromatic rings. The molecule has 0 spiro atoms. The summed E-state index contributed by atoms with van der Waals surface area (Å²) in [6, 6.07) is 12.7. The first-order valence-electron chi connectivity index (χ1n) is 8.29. The number of benzene rings is 1. The maximum atomic E-state index is 4.87. The van der Waals surface area contributed by atoms with Crippen molar-refractivity contribution in [1.29, 1.82) is 0 Å². The number of aryl methyl sites for hydroxylation is 1. The zero-order valence-electron chi connectivity index (χ0n) is 15.4. The molecule has 0 aliphatic rings. The average Bonchev–Trinajstić information content (AvgIpc) is 2.84. The van der Waals surface area contributed by atoms with Gasteiger partial charge in [0, 0.05) is 37.1 Å². The Labute approximate surface area is 144 Å². The van der Waals surface area contributed by atoms with E-state index in [2.05, 4.69) is 99.0 Å². The second kappa shape index (κ2) is 5.86. The monoisotopic (exact) mass is 322 g/mol. The van der Waals surface area contributed by atoms with Gasteiger partial charge in [0.05, 0.1) is 0 Å². The van der Waals surface area contributed by atoms with E-state index in [1.165, 1.54) is 11.3 Å². The van der Waals surface area contributed by atoms with Gasteiger partial charge >= 0.3 is 0 Å². The molecule has 0 amide bonds. The van der Waals surface area contributed by atoms with Crippen molar-refractivity contribution in [2.75, 3.05) is 24.3 Å². The van der Waals surface area contributed by atoms with Gasteiger partial charge < -0.3 is 10.2 Å². The average molecular weight is 322 g/mol. The van der Waals surface area contributed by atoms with Crippen molar-refractivity contribution in [3.05, 3.63) is 48.2 Å². The fourth-order valence-electron chi connectivity index (χ4n) is 2.74. The predicted octanol–water partition coefficient (Wildman–Crippen LogP) is 4.59. The fraction of sp³-hybridized carbons (Fsp3) is 0.350. The van der Waals surface area contributed by atoms with Gasteiger partial charge in [-0.05, 0) is 51.5 Å². The molecule has 0 fully saturated rings. The normalized spacial score (nSPS) is 11.8. The van der Waals surface area contributed by atoms with Crippen molar-refractivity contribution in [2.45, 2.75) is 33.2 Å². The van der Waals surface area contributed by atoms with E-state index in [0.29, 0.717) is 0 Å². The van der Waals surface area contributed by atoms with E-state index in [1.807, 2.05) is 0 Å². The lowest BCUT2D eigenvalue weighted by molar-refractivity contribution is 0.629. The summed E-state index contributed by atoms with van der Waals surface area (Å²) >= 11 is 0. The Kier molecular flexibility index (Phi) is 3.99. The Hall–Kier alpha value is -2.49. The summed E-state index contributed by atoms with van der Waals surface area (Å²) in [6.07, 6.45) is 2.13. The minimum atomic E-state index is -0.0436. The molecular weight excluding hydrogens is 296 g/mol. The van der Waals surface area contributed by atoms with Gasteiger partial charge in [-0.2, -0.15) is 0 Å². The molecule has 1 aromatic carbocycles. The van der Waals surface area contributed by atoms with E-state index < -0.39 is 0 Å². The second-order valence-electron chi connectivity index (χ2n) is 7.56. The van der Waals surface area contributed by atoms with Crippen molar-refractivity contribution in [1.82, 2.24) is 9.38 Å². The molecule has 0 bridgehead atoms. The Bertz CT molecular complexity index is 852. The van der Waals surface area contributed by atoms with E-state index in [-0.39, 0.29) is 5.54 Å². The molecule has 0 unspecified atom stereocenters. The van der Waals surface area contributed by atoms with Crippen LogP contribution in [0.4, 0.5) is 11.5 Å². The third-order valence-electron chi connectivity index (χ3n) is 3.92. The number of rotatable bonds is 3. The smallest absolute Gasteiger partial charge is 0.139 e. The topological polar surface area (TPSA) is 32.6 Å². The molecule has 0 aliphatic carbocycles. The molecule has 3 rings (SSSR count). The van der Waals surface area contributed by atoms with Gasteiger partial charge in [-0.15, -0.1) is 0 Å². The lowest BCUT2D eigenvalue weighted by Gasteiger charge is -2.23. The minimum Gasteiger partial charge on any atom is -0.378 e. The summed E-state index contributed by atoms with van der Waals surface area (Å²) < 4.78 is 2.15. The van der Waals surface area contributed by atoms with Crippen molar-refractivity contribution in [3.8, 4) is 11.3 Å². The SMILES string of the molecule is Cc1ccc2nc(-c3ccc(N(C)C)cc3)c(NC(C)(C)C)n2c1. The Morgan fingerprint density at radius 3 is 2.25 bits per heavy atom. The molecule has 1 N–H and O–H groups in total. The number of aromatic nitrogens is 2. The van der Waals surface area contributed by atoms with Gasteiger partial charge in [0.25, 0.3) is 0 Å². The largest absolute Gasteiger partial charge is 0.378 e. The molecule has 24 heavy (non-hydrogen) atoms. The molecule has 4 nitrogen and oxygen atoms in total.